The first-order valence-electron chi connectivity index (χ1n) is 3.24. The van der Waals surface area contributed by atoms with E-state index in [4.69, 9.17) is 10.4 Å². The highest BCUT2D eigenvalue weighted by atomic mass is 16.5. The minimum Gasteiger partial charge on any atom is -0.289 e. The summed E-state index contributed by atoms with van der Waals surface area (Å²) in [6, 6.07) is 0. The molecule has 0 heterocycles. The lowest BCUT2D eigenvalue weighted by Crippen LogP contribution is -2.16. The lowest BCUT2D eigenvalue weighted by atomic mass is 10.3. The van der Waals surface area contributed by atoms with Crippen LogP contribution in [0.3, 0.4) is 0 Å². The van der Waals surface area contributed by atoms with E-state index in [0.29, 0.717) is 0 Å². The molecule has 6 heteroatoms. The smallest absolute Gasteiger partial charge is 0.289 e. The van der Waals surface area contributed by atoms with Gasteiger partial charge in [0.1, 0.15) is 0 Å². The van der Waals surface area contributed by atoms with Gasteiger partial charge in [0.25, 0.3) is 0 Å². The summed E-state index contributed by atoms with van der Waals surface area (Å²) in [6.45, 7) is 0. The zero-order chi connectivity index (χ0) is 10.1. The number of carbonyl (C=O) groups is 2. The van der Waals surface area contributed by atoms with Crippen LogP contribution >= 0.6 is 0 Å². The van der Waals surface area contributed by atoms with Gasteiger partial charge < -0.3 is 0 Å². The molecule has 13 heavy (non-hydrogen) atoms. The largest absolute Gasteiger partial charge is 0.319 e. The molecule has 0 bridgehead atoms. The quantitative estimate of drug-likeness (QED) is 0.250. The summed E-state index contributed by atoms with van der Waals surface area (Å²) in [4.78, 5) is 20.7. The molecular weight excluding hydrogens is 176 g/mol. The Hall–Kier alpha value is -1.84. The second kappa shape index (κ2) is 6.84. The van der Waals surface area contributed by atoms with Gasteiger partial charge in [0, 0.05) is 12.3 Å². The Kier molecular flexibility index (Phi) is 5.88. The molecule has 0 saturated carbocycles. The van der Waals surface area contributed by atoms with Crippen molar-refractivity contribution in [2.45, 2.75) is 6.42 Å². The van der Waals surface area contributed by atoms with E-state index in [1.54, 1.807) is 0 Å². The molecule has 0 fully saturated rings. The summed E-state index contributed by atoms with van der Waals surface area (Å²) in [5, 5.41) is 16.0. The van der Waals surface area contributed by atoms with Crippen LogP contribution in [-0.2, 0) is 9.59 Å². The summed E-state index contributed by atoms with van der Waals surface area (Å²) in [6.07, 6.45) is 2.57. The van der Waals surface area contributed by atoms with E-state index in [2.05, 4.69) is 5.92 Å². The van der Waals surface area contributed by atoms with Gasteiger partial charge in [-0.3, -0.25) is 20.0 Å². The molecule has 0 spiro atoms. The lowest BCUT2D eigenvalue weighted by molar-refractivity contribution is -0.128. The maximum absolute atomic E-state index is 10.4. The third-order valence-corrected chi connectivity index (χ3v) is 0.916. The highest BCUT2D eigenvalue weighted by Crippen LogP contribution is 1.80. The maximum Gasteiger partial charge on any atom is 0.319 e. The average molecular weight is 184 g/mol. The number of carbonyl (C=O) groups excluding carboxylic acids is 2. The van der Waals surface area contributed by atoms with Crippen molar-refractivity contribution in [3.8, 4) is 11.8 Å². The van der Waals surface area contributed by atoms with Gasteiger partial charge in [0.15, 0.2) is 0 Å². The SMILES string of the molecule is O=C(C#C/C=C/CC(=O)NO)NO. The van der Waals surface area contributed by atoms with E-state index in [-0.39, 0.29) is 6.42 Å². The molecule has 4 N–H and O–H groups in total. The van der Waals surface area contributed by atoms with Crippen LogP contribution in [0.4, 0.5) is 0 Å². The zero-order valence-corrected chi connectivity index (χ0v) is 6.57. The molecule has 0 saturated heterocycles. The summed E-state index contributed by atoms with van der Waals surface area (Å²) in [7, 11) is 0. The van der Waals surface area contributed by atoms with Crippen molar-refractivity contribution in [3.63, 3.8) is 0 Å². The molecule has 0 aromatic heterocycles. The average Bonchev–Trinajstić information content (AvgIpc) is 2.16. The monoisotopic (exact) mass is 184 g/mol. The number of rotatable bonds is 2. The van der Waals surface area contributed by atoms with E-state index >= 15 is 0 Å². The van der Waals surface area contributed by atoms with Crippen LogP contribution in [0.1, 0.15) is 6.42 Å². The highest BCUT2D eigenvalue weighted by molar-refractivity contribution is 5.92. The first-order chi connectivity index (χ1) is 6.20. The van der Waals surface area contributed by atoms with Crippen LogP contribution in [0.5, 0.6) is 0 Å². The fourth-order valence-corrected chi connectivity index (χ4v) is 0.406. The number of allylic oxidation sites excluding steroid dienone is 1. The molecule has 0 aliphatic rings. The number of hydrogen-bond donors (Lipinski definition) is 4. The van der Waals surface area contributed by atoms with Crippen LogP contribution in [0.25, 0.3) is 0 Å². The fraction of sp³-hybridized carbons (Fsp3) is 0.143. The Morgan fingerprint density at radius 2 is 2.00 bits per heavy atom. The molecule has 0 aliphatic carbocycles. The van der Waals surface area contributed by atoms with Crippen molar-refractivity contribution in [2.24, 2.45) is 0 Å². The van der Waals surface area contributed by atoms with Crippen molar-refractivity contribution < 1.29 is 20.0 Å². The van der Waals surface area contributed by atoms with Gasteiger partial charge in [-0.2, -0.15) is 0 Å². The molecule has 6 nitrogen and oxygen atoms in total. The molecule has 0 atom stereocenters. The van der Waals surface area contributed by atoms with E-state index in [1.165, 1.54) is 23.1 Å². The summed E-state index contributed by atoms with van der Waals surface area (Å²) in [5.74, 6) is 2.83. The summed E-state index contributed by atoms with van der Waals surface area (Å²) in [5.41, 5.74) is 2.73. The Morgan fingerprint density at radius 3 is 2.54 bits per heavy atom. The lowest BCUT2D eigenvalue weighted by Gasteiger charge is -1.88. The van der Waals surface area contributed by atoms with Crippen molar-refractivity contribution in [2.75, 3.05) is 0 Å². The number of nitrogens with one attached hydrogen (secondary N) is 2. The molecule has 0 aromatic rings. The van der Waals surface area contributed by atoms with Crippen LogP contribution in [-0.4, -0.2) is 22.2 Å². The molecular formula is C7H8N2O4. The molecule has 2 amide bonds. The number of amides is 2. The van der Waals surface area contributed by atoms with Gasteiger partial charge >= 0.3 is 5.91 Å². The van der Waals surface area contributed by atoms with E-state index in [9.17, 15) is 9.59 Å². The van der Waals surface area contributed by atoms with Gasteiger partial charge in [-0.25, -0.2) is 11.0 Å². The van der Waals surface area contributed by atoms with Crippen LogP contribution < -0.4 is 11.0 Å². The number of hydrogen-bond acceptors (Lipinski definition) is 4. The van der Waals surface area contributed by atoms with Crippen molar-refractivity contribution in [1.82, 2.24) is 11.0 Å². The predicted octanol–water partition coefficient (Wildman–Crippen LogP) is -1.05. The van der Waals surface area contributed by atoms with Gasteiger partial charge in [0.2, 0.25) is 5.91 Å². The fourth-order valence-electron chi connectivity index (χ4n) is 0.406. The van der Waals surface area contributed by atoms with Gasteiger partial charge in [-0.15, -0.1) is 0 Å². The first-order valence-corrected chi connectivity index (χ1v) is 3.24. The second-order valence-corrected chi connectivity index (χ2v) is 1.85. The molecule has 0 radical (unpaired) electrons. The Morgan fingerprint density at radius 1 is 1.31 bits per heavy atom. The van der Waals surface area contributed by atoms with Crippen LogP contribution in [0.15, 0.2) is 12.2 Å². The molecule has 0 unspecified atom stereocenters. The standard InChI is InChI=1S/C7H8N2O4/c10-6(8-12)4-2-1-3-5-7(11)9-13/h1-2,12-13H,4H2,(H,8,10)(H,9,11)/b2-1+. The van der Waals surface area contributed by atoms with Gasteiger partial charge in [0.05, 0.1) is 0 Å². The van der Waals surface area contributed by atoms with Gasteiger partial charge in [-0.05, 0) is 6.08 Å². The topological polar surface area (TPSA) is 98.7 Å². The Labute approximate surface area is 74.2 Å². The minimum absolute atomic E-state index is 0.0358. The summed E-state index contributed by atoms with van der Waals surface area (Å²) < 4.78 is 0. The maximum atomic E-state index is 10.4. The van der Waals surface area contributed by atoms with Crippen LogP contribution in [0, 0.1) is 11.8 Å². The van der Waals surface area contributed by atoms with E-state index < -0.39 is 11.8 Å². The van der Waals surface area contributed by atoms with Crippen LogP contribution in [0.2, 0.25) is 0 Å². The highest BCUT2D eigenvalue weighted by Gasteiger charge is 1.91. The predicted molar refractivity (Wildman–Crippen MR) is 41.4 cm³/mol. The van der Waals surface area contributed by atoms with Crippen molar-refractivity contribution >= 4 is 11.8 Å². The second-order valence-electron chi connectivity index (χ2n) is 1.85. The number of hydroxylamine groups is 2. The molecule has 70 valence electrons. The summed E-state index contributed by atoms with van der Waals surface area (Å²) >= 11 is 0. The molecule has 0 aromatic carbocycles. The Balaban J connectivity index is 3.79. The molecule has 0 rings (SSSR count). The van der Waals surface area contributed by atoms with Crippen molar-refractivity contribution in [3.05, 3.63) is 12.2 Å². The molecule has 0 aliphatic heterocycles. The van der Waals surface area contributed by atoms with Gasteiger partial charge in [-0.1, -0.05) is 12.0 Å². The van der Waals surface area contributed by atoms with Crippen molar-refractivity contribution in [1.29, 1.82) is 0 Å². The third kappa shape index (κ3) is 6.55. The minimum atomic E-state index is -0.837. The normalized spacial score (nSPS) is 8.77. The van der Waals surface area contributed by atoms with E-state index in [0.717, 1.165) is 0 Å². The Bertz CT molecular complexity index is 274. The van der Waals surface area contributed by atoms with E-state index in [1.807, 2.05) is 5.92 Å². The first kappa shape index (κ1) is 11.2. The zero-order valence-electron chi connectivity index (χ0n) is 6.57. The third-order valence-electron chi connectivity index (χ3n) is 0.916.